The number of hydrogen-bond acceptors (Lipinski definition) is 5. The van der Waals surface area contributed by atoms with Crippen molar-refractivity contribution in [2.75, 3.05) is 31.3 Å². The number of para-hydroxylation sites is 1. The Morgan fingerprint density at radius 3 is 2.26 bits per heavy atom. The van der Waals surface area contributed by atoms with Gasteiger partial charge in [-0.05, 0) is 36.8 Å². The summed E-state index contributed by atoms with van der Waals surface area (Å²) in [4.78, 5) is 12.5. The zero-order chi connectivity index (χ0) is 20.0. The number of benzene rings is 2. The SMILES string of the molecule is COc1ccc([C@H](C)NC(=O)CN(c2ccccc2)S(C)(=O)=O)cc1OC. The molecule has 0 heterocycles. The molecule has 2 aromatic rings. The van der Waals surface area contributed by atoms with Crippen molar-refractivity contribution in [1.29, 1.82) is 0 Å². The van der Waals surface area contributed by atoms with Gasteiger partial charge in [0.15, 0.2) is 11.5 Å². The van der Waals surface area contributed by atoms with Gasteiger partial charge in [-0.2, -0.15) is 0 Å². The number of hydrogen-bond donors (Lipinski definition) is 1. The van der Waals surface area contributed by atoms with E-state index in [0.717, 1.165) is 16.1 Å². The molecule has 0 fully saturated rings. The second-order valence-electron chi connectivity index (χ2n) is 6.01. The quantitative estimate of drug-likeness (QED) is 0.745. The number of nitrogens with zero attached hydrogens (tertiary/aromatic N) is 1. The third-order valence-electron chi connectivity index (χ3n) is 4.02. The lowest BCUT2D eigenvalue weighted by Crippen LogP contribution is -2.41. The van der Waals surface area contributed by atoms with Crippen molar-refractivity contribution in [2.24, 2.45) is 0 Å². The van der Waals surface area contributed by atoms with Crippen molar-refractivity contribution in [1.82, 2.24) is 5.32 Å². The lowest BCUT2D eigenvalue weighted by molar-refractivity contribution is -0.120. The summed E-state index contributed by atoms with van der Waals surface area (Å²) in [7, 11) is -0.513. The molecule has 1 atom stereocenters. The summed E-state index contributed by atoms with van der Waals surface area (Å²) in [6.07, 6.45) is 1.07. The Hall–Kier alpha value is -2.74. The molecule has 0 aliphatic carbocycles. The fraction of sp³-hybridized carbons (Fsp3) is 0.316. The molecule has 0 saturated carbocycles. The topological polar surface area (TPSA) is 84.9 Å². The van der Waals surface area contributed by atoms with Crippen LogP contribution in [-0.4, -0.2) is 41.3 Å². The van der Waals surface area contributed by atoms with Crippen molar-refractivity contribution in [3.63, 3.8) is 0 Å². The lowest BCUT2D eigenvalue weighted by atomic mass is 10.1. The zero-order valence-electron chi connectivity index (χ0n) is 15.8. The second kappa shape index (κ2) is 8.77. The minimum atomic E-state index is -3.60. The Bertz CT molecular complexity index is 884. The van der Waals surface area contributed by atoms with Crippen molar-refractivity contribution in [3.05, 3.63) is 54.1 Å². The first-order valence-corrected chi connectivity index (χ1v) is 10.1. The van der Waals surface area contributed by atoms with Crippen molar-refractivity contribution in [3.8, 4) is 11.5 Å². The summed E-state index contributed by atoms with van der Waals surface area (Å²) >= 11 is 0. The normalized spacial score (nSPS) is 12.1. The van der Waals surface area contributed by atoms with E-state index in [0.29, 0.717) is 17.2 Å². The predicted molar refractivity (Wildman–Crippen MR) is 105 cm³/mol. The zero-order valence-corrected chi connectivity index (χ0v) is 16.6. The summed E-state index contributed by atoms with van der Waals surface area (Å²) in [6.45, 7) is 1.51. The molecular formula is C19H24N2O5S. The fourth-order valence-corrected chi connectivity index (χ4v) is 3.47. The Morgan fingerprint density at radius 1 is 1.07 bits per heavy atom. The van der Waals surface area contributed by atoms with Crippen LogP contribution >= 0.6 is 0 Å². The highest BCUT2D eigenvalue weighted by Crippen LogP contribution is 2.29. The van der Waals surface area contributed by atoms with Crippen LogP contribution in [0.4, 0.5) is 5.69 Å². The van der Waals surface area contributed by atoms with Gasteiger partial charge in [-0.15, -0.1) is 0 Å². The number of ether oxygens (including phenoxy) is 2. The molecule has 1 amide bonds. The molecule has 27 heavy (non-hydrogen) atoms. The maximum Gasteiger partial charge on any atom is 0.241 e. The maximum absolute atomic E-state index is 12.5. The van der Waals surface area contributed by atoms with E-state index in [1.165, 1.54) is 7.11 Å². The minimum Gasteiger partial charge on any atom is -0.493 e. The van der Waals surface area contributed by atoms with Gasteiger partial charge in [0.2, 0.25) is 15.9 Å². The standard InChI is InChI=1S/C19H24N2O5S/c1-14(15-10-11-17(25-2)18(12-15)26-3)20-19(22)13-21(27(4,23)24)16-8-6-5-7-9-16/h5-12,14H,13H2,1-4H3,(H,20,22)/t14-/m0/s1. The smallest absolute Gasteiger partial charge is 0.241 e. The number of rotatable bonds is 8. The van der Waals surface area contributed by atoms with E-state index < -0.39 is 15.9 Å². The van der Waals surface area contributed by atoms with Crippen molar-refractivity contribution >= 4 is 21.6 Å². The Morgan fingerprint density at radius 2 is 1.70 bits per heavy atom. The highest BCUT2D eigenvalue weighted by Gasteiger charge is 2.22. The molecule has 8 heteroatoms. The molecule has 146 valence electrons. The molecule has 0 radical (unpaired) electrons. The van der Waals surface area contributed by atoms with Gasteiger partial charge < -0.3 is 14.8 Å². The Kier molecular flexibility index (Phi) is 6.68. The summed E-state index contributed by atoms with van der Waals surface area (Å²) in [5.74, 6) is 0.733. The summed E-state index contributed by atoms with van der Waals surface area (Å²) in [6, 6.07) is 13.5. The van der Waals surface area contributed by atoms with Gasteiger partial charge in [0.1, 0.15) is 6.54 Å². The minimum absolute atomic E-state index is 0.305. The third kappa shape index (κ3) is 5.37. The largest absolute Gasteiger partial charge is 0.493 e. The predicted octanol–water partition coefficient (Wildman–Crippen LogP) is 2.35. The lowest BCUT2D eigenvalue weighted by Gasteiger charge is -2.23. The highest BCUT2D eigenvalue weighted by atomic mass is 32.2. The molecule has 0 aliphatic heterocycles. The van der Waals surface area contributed by atoms with E-state index >= 15 is 0 Å². The van der Waals surface area contributed by atoms with Crippen LogP contribution in [0.5, 0.6) is 11.5 Å². The molecule has 0 spiro atoms. The number of carbonyl (C=O) groups is 1. The van der Waals surface area contributed by atoms with Crippen LogP contribution in [0.1, 0.15) is 18.5 Å². The van der Waals surface area contributed by atoms with Gasteiger partial charge >= 0.3 is 0 Å². The fourth-order valence-electron chi connectivity index (χ4n) is 2.62. The van der Waals surface area contributed by atoms with Gasteiger partial charge in [0, 0.05) is 0 Å². The second-order valence-corrected chi connectivity index (χ2v) is 7.92. The summed E-state index contributed by atoms with van der Waals surface area (Å²) in [5.41, 5.74) is 1.25. The van der Waals surface area contributed by atoms with Crippen LogP contribution in [0.2, 0.25) is 0 Å². The van der Waals surface area contributed by atoms with Crippen LogP contribution in [0.3, 0.4) is 0 Å². The van der Waals surface area contributed by atoms with Crippen LogP contribution in [0, 0.1) is 0 Å². The van der Waals surface area contributed by atoms with Crippen LogP contribution < -0.4 is 19.1 Å². The molecule has 0 unspecified atom stereocenters. The molecule has 0 aliphatic rings. The van der Waals surface area contributed by atoms with E-state index in [4.69, 9.17) is 9.47 Å². The van der Waals surface area contributed by atoms with E-state index in [2.05, 4.69) is 5.32 Å². The molecule has 7 nitrogen and oxygen atoms in total. The number of amides is 1. The molecule has 1 N–H and O–H groups in total. The highest BCUT2D eigenvalue weighted by molar-refractivity contribution is 7.92. The molecule has 0 bridgehead atoms. The average molecular weight is 392 g/mol. The van der Waals surface area contributed by atoms with Crippen LogP contribution in [0.15, 0.2) is 48.5 Å². The molecule has 0 saturated heterocycles. The first kappa shape index (κ1) is 20.6. The Labute approximate surface area is 160 Å². The number of carbonyl (C=O) groups excluding carboxylic acids is 1. The average Bonchev–Trinajstić information content (AvgIpc) is 2.65. The van der Waals surface area contributed by atoms with Crippen LogP contribution in [0.25, 0.3) is 0 Å². The van der Waals surface area contributed by atoms with Gasteiger partial charge in [-0.1, -0.05) is 24.3 Å². The first-order chi connectivity index (χ1) is 12.8. The summed E-state index contributed by atoms with van der Waals surface area (Å²) in [5, 5.41) is 2.82. The van der Waals surface area contributed by atoms with Crippen molar-refractivity contribution in [2.45, 2.75) is 13.0 Å². The monoisotopic (exact) mass is 392 g/mol. The Balaban J connectivity index is 2.13. The van der Waals surface area contributed by atoms with Gasteiger partial charge in [-0.3, -0.25) is 9.10 Å². The third-order valence-corrected chi connectivity index (χ3v) is 5.16. The van der Waals surface area contributed by atoms with E-state index in [-0.39, 0.29) is 12.6 Å². The van der Waals surface area contributed by atoms with E-state index in [1.807, 2.05) is 13.0 Å². The molecule has 2 aromatic carbocycles. The van der Waals surface area contributed by atoms with Crippen LogP contribution in [-0.2, 0) is 14.8 Å². The number of anilines is 1. The molecule has 0 aromatic heterocycles. The van der Waals surface area contributed by atoms with E-state index in [9.17, 15) is 13.2 Å². The maximum atomic E-state index is 12.5. The van der Waals surface area contributed by atoms with Crippen molar-refractivity contribution < 1.29 is 22.7 Å². The van der Waals surface area contributed by atoms with E-state index in [1.54, 1.807) is 49.6 Å². The van der Waals surface area contributed by atoms with Gasteiger partial charge in [0.25, 0.3) is 0 Å². The summed E-state index contributed by atoms with van der Waals surface area (Å²) < 4.78 is 35.7. The van der Waals surface area contributed by atoms with Gasteiger partial charge in [-0.25, -0.2) is 8.42 Å². The molecular weight excluding hydrogens is 368 g/mol. The molecule has 2 rings (SSSR count). The number of methoxy groups -OCH3 is 2. The first-order valence-electron chi connectivity index (χ1n) is 8.30. The number of sulfonamides is 1. The van der Waals surface area contributed by atoms with Gasteiger partial charge in [0.05, 0.1) is 32.2 Å². The number of nitrogens with one attached hydrogen (secondary N) is 1.